The second kappa shape index (κ2) is 7.70. The van der Waals surface area contributed by atoms with E-state index in [1.165, 1.54) is 25.3 Å². The molecule has 0 saturated heterocycles. The van der Waals surface area contributed by atoms with Crippen LogP contribution in [0.15, 0.2) is 58.2 Å². The summed E-state index contributed by atoms with van der Waals surface area (Å²) in [5.41, 5.74) is 0.949. The van der Waals surface area contributed by atoms with Crippen LogP contribution in [0.1, 0.15) is 12.5 Å². The Morgan fingerprint density at radius 2 is 1.95 bits per heavy atom. The number of nitrogens with zero attached hydrogens (tertiary/aromatic N) is 1. The summed E-state index contributed by atoms with van der Waals surface area (Å²) in [5.74, 6) is -0.973. The van der Waals surface area contributed by atoms with Crippen LogP contribution in [0.2, 0.25) is 0 Å². The maximum Gasteiger partial charge on any atom is 0.268 e. The van der Waals surface area contributed by atoms with Crippen LogP contribution in [-0.4, -0.2) is 18.2 Å². The molecule has 4 nitrogen and oxygen atoms in total. The van der Waals surface area contributed by atoms with Gasteiger partial charge in [0.15, 0.2) is 0 Å². The Balaban J connectivity index is 1.89. The summed E-state index contributed by atoms with van der Waals surface area (Å²) in [6, 6.07) is 13.4. The standard InChI is InChI=1S/C16H14BrFN2O2/c1-11(16(21)20-15-5-3-2-4-14(15)18)22-19-10-12-6-8-13(17)9-7-12/h2-11H,1H3,(H,20,21)/b19-10-/t11-/m1/s1. The number of carbonyl (C=O) groups is 1. The van der Waals surface area contributed by atoms with E-state index < -0.39 is 17.8 Å². The van der Waals surface area contributed by atoms with E-state index in [0.29, 0.717) is 0 Å². The van der Waals surface area contributed by atoms with Crippen LogP contribution in [0.4, 0.5) is 10.1 Å². The first-order valence-electron chi connectivity index (χ1n) is 6.56. The van der Waals surface area contributed by atoms with E-state index >= 15 is 0 Å². The van der Waals surface area contributed by atoms with Gasteiger partial charge in [0.2, 0.25) is 6.10 Å². The third kappa shape index (κ3) is 4.66. The van der Waals surface area contributed by atoms with E-state index in [-0.39, 0.29) is 5.69 Å². The molecule has 0 bridgehead atoms. The second-order valence-electron chi connectivity index (χ2n) is 4.50. The monoisotopic (exact) mass is 364 g/mol. The first-order valence-corrected chi connectivity index (χ1v) is 7.35. The molecule has 0 aliphatic carbocycles. The molecule has 2 aromatic carbocycles. The highest BCUT2D eigenvalue weighted by atomic mass is 79.9. The molecule has 0 spiro atoms. The quantitative estimate of drug-likeness (QED) is 0.644. The Bertz CT molecular complexity index is 674. The van der Waals surface area contributed by atoms with Crippen LogP contribution in [0, 0.1) is 5.82 Å². The van der Waals surface area contributed by atoms with Gasteiger partial charge < -0.3 is 10.2 Å². The number of benzene rings is 2. The minimum absolute atomic E-state index is 0.111. The van der Waals surface area contributed by atoms with Gasteiger partial charge in [-0.25, -0.2) is 4.39 Å². The van der Waals surface area contributed by atoms with Crippen molar-refractivity contribution in [2.45, 2.75) is 13.0 Å². The number of hydrogen-bond donors (Lipinski definition) is 1. The number of anilines is 1. The lowest BCUT2D eigenvalue weighted by Crippen LogP contribution is -2.26. The molecule has 0 heterocycles. The maximum absolute atomic E-state index is 13.4. The van der Waals surface area contributed by atoms with Crippen LogP contribution < -0.4 is 5.32 Å². The number of para-hydroxylation sites is 1. The average Bonchev–Trinajstić information content (AvgIpc) is 2.51. The second-order valence-corrected chi connectivity index (χ2v) is 5.42. The Labute approximate surface area is 136 Å². The Hall–Kier alpha value is -2.21. The molecule has 1 N–H and O–H groups in total. The van der Waals surface area contributed by atoms with Gasteiger partial charge in [-0.3, -0.25) is 4.79 Å². The number of hydrogen-bond acceptors (Lipinski definition) is 3. The van der Waals surface area contributed by atoms with Crippen molar-refractivity contribution in [3.63, 3.8) is 0 Å². The molecular weight excluding hydrogens is 351 g/mol. The van der Waals surface area contributed by atoms with Gasteiger partial charge >= 0.3 is 0 Å². The molecule has 0 saturated carbocycles. The summed E-state index contributed by atoms with van der Waals surface area (Å²) < 4.78 is 14.4. The normalized spacial score (nSPS) is 12.1. The topological polar surface area (TPSA) is 50.7 Å². The third-order valence-corrected chi connectivity index (χ3v) is 3.32. The van der Waals surface area contributed by atoms with Gasteiger partial charge in [0, 0.05) is 4.47 Å². The summed E-state index contributed by atoms with van der Waals surface area (Å²) in [6.07, 6.45) is 0.658. The molecule has 1 amide bonds. The molecule has 2 rings (SSSR count). The number of amides is 1. The summed E-state index contributed by atoms with van der Waals surface area (Å²) in [5, 5.41) is 6.21. The molecule has 6 heteroatoms. The van der Waals surface area contributed by atoms with Crippen molar-refractivity contribution in [1.29, 1.82) is 0 Å². The van der Waals surface area contributed by atoms with Crippen molar-refractivity contribution in [1.82, 2.24) is 0 Å². The summed E-state index contributed by atoms with van der Waals surface area (Å²) in [4.78, 5) is 16.9. The molecule has 1 atom stereocenters. The van der Waals surface area contributed by atoms with Gasteiger partial charge in [-0.2, -0.15) is 0 Å². The van der Waals surface area contributed by atoms with Crippen LogP contribution in [0.5, 0.6) is 0 Å². The van der Waals surface area contributed by atoms with E-state index in [1.54, 1.807) is 12.1 Å². The van der Waals surface area contributed by atoms with Gasteiger partial charge in [-0.1, -0.05) is 45.4 Å². The fraction of sp³-hybridized carbons (Fsp3) is 0.125. The SMILES string of the molecule is C[C@@H](O/N=C\c1ccc(Br)cc1)C(=O)Nc1ccccc1F. The van der Waals surface area contributed by atoms with Crippen molar-refractivity contribution >= 4 is 33.7 Å². The van der Waals surface area contributed by atoms with Crippen LogP contribution in [-0.2, 0) is 9.63 Å². The molecule has 22 heavy (non-hydrogen) atoms. The van der Waals surface area contributed by atoms with E-state index in [2.05, 4.69) is 26.4 Å². The minimum Gasteiger partial charge on any atom is -0.383 e. The molecule has 0 aromatic heterocycles. The highest BCUT2D eigenvalue weighted by molar-refractivity contribution is 9.10. The van der Waals surface area contributed by atoms with Crippen molar-refractivity contribution in [3.8, 4) is 0 Å². The number of oxime groups is 1. The predicted molar refractivity (Wildman–Crippen MR) is 87.3 cm³/mol. The number of nitrogens with one attached hydrogen (secondary N) is 1. The molecule has 2 aromatic rings. The van der Waals surface area contributed by atoms with Crippen molar-refractivity contribution in [2.75, 3.05) is 5.32 Å². The number of rotatable bonds is 5. The largest absolute Gasteiger partial charge is 0.383 e. The zero-order valence-electron chi connectivity index (χ0n) is 11.8. The predicted octanol–water partition coefficient (Wildman–Crippen LogP) is 3.97. The van der Waals surface area contributed by atoms with Crippen LogP contribution in [0.3, 0.4) is 0 Å². The van der Waals surface area contributed by atoms with Gasteiger partial charge in [0.1, 0.15) is 5.82 Å². The Kier molecular flexibility index (Phi) is 5.66. The zero-order valence-corrected chi connectivity index (χ0v) is 13.4. The third-order valence-electron chi connectivity index (χ3n) is 2.79. The number of carbonyl (C=O) groups excluding carboxylic acids is 1. The lowest BCUT2D eigenvalue weighted by molar-refractivity contribution is -0.126. The van der Waals surface area contributed by atoms with E-state index in [1.807, 2.05) is 24.3 Å². The summed E-state index contributed by atoms with van der Waals surface area (Å²) in [6.45, 7) is 1.54. The van der Waals surface area contributed by atoms with Crippen LogP contribution in [0.25, 0.3) is 0 Å². The van der Waals surface area contributed by atoms with Gasteiger partial charge in [-0.05, 0) is 36.8 Å². The lowest BCUT2D eigenvalue weighted by Gasteiger charge is -2.10. The molecule has 0 aliphatic heterocycles. The molecule has 0 fully saturated rings. The van der Waals surface area contributed by atoms with Gasteiger partial charge in [0.25, 0.3) is 5.91 Å². The first-order chi connectivity index (χ1) is 10.6. The molecular formula is C16H14BrFN2O2. The van der Waals surface area contributed by atoms with Gasteiger partial charge in [-0.15, -0.1) is 0 Å². The smallest absolute Gasteiger partial charge is 0.268 e. The average molecular weight is 365 g/mol. The highest BCUT2D eigenvalue weighted by Crippen LogP contribution is 2.13. The van der Waals surface area contributed by atoms with Crippen LogP contribution >= 0.6 is 15.9 Å². The van der Waals surface area contributed by atoms with Crippen molar-refractivity contribution in [2.24, 2.45) is 5.16 Å². The minimum atomic E-state index is -0.841. The Morgan fingerprint density at radius 3 is 2.64 bits per heavy atom. The molecule has 114 valence electrons. The number of halogens is 2. The zero-order chi connectivity index (χ0) is 15.9. The molecule has 0 radical (unpaired) electrons. The van der Waals surface area contributed by atoms with E-state index in [9.17, 15) is 9.18 Å². The van der Waals surface area contributed by atoms with E-state index in [0.717, 1.165) is 10.0 Å². The van der Waals surface area contributed by atoms with Crippen molar-refractivity contribution in [3.05, 3.63) is 64.4 Å². The highest BCUT2D eigenvalue weighted by Gasteiger charge is 2.15. The lowest BCUT2D eigenvalue weighted by atomic mass is 10.2. The fourth-order valence-corrected chi connectivity index (χ4v) is 1.84. The summed E-state index contributed by atoms with van der Waals surface area (Å²) >= 11 is 3.33. The van der Waals surface area contributed by atoms with Crippen molar-refractivity contribution < 1.29 is 14.0 Å². The fourth-order valence-electron chi connectivity index (χ4n) is 1.58. The maximum atomic E-state index is 13.4. The van der Waals surface area contributed by atoms with E-state index in [4.69, 9.17) is 4.84 Å². The Morgan fingerprint density at radius 1 is 1.27 bits per heavy atom. The van der Waals surface area contributed by atoms with Gasteiger partial charge in [0.05, 0.1) is 11.9 Å². The molecule has 0 unspecified atom stereocenters. The summed E-state index contributed by atoms with van der Waals surface area (Å²) in [7, 11) is 0. The first kappa shape index (κ1) is 16.2. The molecule has 0 aliphatic rings.